The largest absolute Gasteiger partial charge is 0.493 e. The molecule has 0 saturated carbocycles. The third-order valence-electron chi connectivity index (χ3n) is 5.28. The molecule has 1 aliphatic heterocycles. The van der Waals surface area contributed by atoms with Crippen LogP contribution in [0.5, 0.6) is 11.5 Å². The number of piperidine rings is 1. The monoisotopic (exact) mass is 524 g/mol. The number of ether oxygens (including phenoxy) is 2. The van der Waals surface area contributed by atoms with E-state index in [1.54, 1.807) is 21.3 Å². The molecule has 3 rings (SSSR count). The lowest BCUT2D eigenvalue weighted by molar-refractivity contribution is 0.220. The van der Waals surface area contributed by atoms with Gasteiger partial charge in [-0.2, -0.15) is 0 Å². The van der Waals surface area contributed by atoms with Crippen molar-refractivity contribution < 1.29 is 9.47 Å². The van der Waals surface area contributed by atoms with E-state index in [0.29, 0.717) is 17.5 Å². The molecule has 0 aliphatic carbocycles. The third kappa shape index (κ3) is 6.77. The molecule has 1 heterocycles. The molecule has 0 bridgehead atoms. The minimum absolute atomic E-state index is 0. The lowest BCUT2D eigenvalue weighted by Gasteiger charge is -2.27. The molecule has 2 N–H and O–H groups in total. The minimum atomic E-state index is 0. The fraction of sp³-hybridized carbons (Fsp3) is 0.435. The number of hydrogen-bond donors (Lipinski definition) is 2. The predicted octanol–water partition coefficient (Wildman–Crippen LogP) is 4.50. The lowest BCUT2D eigenvalue weighted by Crippen LogP contribution is -2.32. The zero-order valence-electron chi connectivity index (χ0n) is 18.1. The standard InChI is InChI=1S/C23H32N4O2.HI/c1-24-23(26-20-11-12-21(28-2)22(15-20)29-3)25-16-18-9-5-6-10-19(18)17-27-13-7-4-8-14-27;/h5-6,9-12,15H,4,7-8,13-14,16-17H2,1-3H3,(H2,24,25,26);1H. The number of nitrogens with one attached hydrogen (secondary N) is 2. The Hall–Kier alpha value is -2.00. The van der Waals surface area contributed by atoms with E-state index in [0.717, 1.165) is 18.8 Å². The van der Waals surface area contributed by atoms with Crippen molar-refractivity contribution in [3.05, 3.63) is 53.6 Å². The Balaban J connectivity index is 0.00000320. The second-order valence-electron chi connectivity index (χ2n) is 7.23. The van der Waals surface area contributed by atoms with Crippen LogP contribution in [0, 0.1) is 0 Å². The smallest absolute Gasteiger partial charge is 0.195 e. The number of benzene rings is 2. The van der Waals surface area contributed by atoms with Gasteiger partial charge in [-0.05, 0) is 49.2 Å². The number of hydrogen-bond acceptors (Lipinski definition) is 4. The van der Waals surface area contributed by atoms with Crippen molar-refractivity contribution in [3.8, 4) is 11.5 Å². The zero-order chi connectivity index (χ0) is 20.5. The summed E-state index contributed by atoms with van der Waals surface area (Å²) in [5.74, 6) is 2.09. The summed E-state index contributed by atoms with van der Waals surface area (Å²) in [6.07, 6.45) is 3.97. The average Bonchev–Trinajstić information content (AvgIpc) is 2.78. The van der Waals surface area contributed by atoms with Gasteiger partial charge in [0, 0.05) is 31.9 Å². The first-order valence-corrected chi connectivity index (χ1v) is 10.2. The van der Waals surface area contributed by atoms with E-state index in [1.807, 2.05) is 18.2 Å². The van der Waals surface area contributed by atoms with Crippen LogP contribution in [0.25, 0.3) is 0 Å². The Bertz CT molecular complexity index is 823. The molecule has 1 fully saturated rings. The number of likely N-dealkylation sites (tertiary alicyclic amines) is 1. The molecule has 2 aromatic rings. The first-order chi connectivity index (χ1) is 14.2. The summed E-state index contributed by atoms with van der Waals surface area (Å²) < 4.78 is 10.7. The van der Waals surface area contributed by atoms with Crippen molar-refractivity contribution in [1.29, 1.82) is 0 Å². The van der Waals surface area contributed by atoms with Crippen LogP contribution in [0.3, 0.4) is 0 Å². The van der Waals surface area contributed by atoms with Gasteiger partial charge in [-0.3, -0.25) is 9.89 Å². The van der Waals surface area contributed by atoms with Crippen LogP contribution in [0.2, 0.25) is 0 Å². The van der Waals surface area contributed by atoms with Crippen LogP contribution in [-0.4, -0.2) is 45.2 Å². The topological polar surface area (TPSA) is 58.1 Å². The first kappa shape index (κ1) is 24.3. The van der Waals surface area contributed by atoms with Crippen molar-refractivity contribution in [2.75, 3.05) is 39.7 Å². The second-order valence-corrected chi connectivity index (χ2v) is 7.23. The fourth-order valence-electron chi connectivity index (χ4n) is 3.65. The normalized spacial score (nSPS) is 14.6. The van der Waals surface area contributed by atoms with Gasteiger partial charge in [0.15, 0.2) is 17.5 Å². The Morgan fingerprint density at radius 2 is 1.67 bits per heavy atom. The maximum absolute atomic E-state index is 5.38. The van der Waals surface area contributed by atoms with Gasteiger partial charge < -0.3 is 20.1 Å². The van der Waals surface area contributed by atoms with Gasteiger partial charge >= 0.3 is 0 Å². The third-order valence-corrected chi connectivity index (χ3v) is 5.28. The van der Waals surface area contributed by atoms with Crippen LogP contribution in [0.1, 0.15) is 30.4 Å². The number of guanidine groups is 1. The summed E-state index contributed by atoms with van der Waals surface area (Å²) in [6, 6.07) is 14.4. The highest BCUT2D eigenvalue weighted by molar-refractivity contribution is 14.0. The van der Waals surface area contributed by atoms with E-state index in [4.69, 9.17) is 9.47 Å². The van der Waals surface area contributed by atoms with Crippen LogP contribution in [0.15, 0.2) is 47.5 Å². The van der Waals surface area contributed by atoms with Crippen LogP contribution in [0.4, 0.5) is 5.69 Å². The number of halogens is 1. The van der Waals surface area contributed by atoms with Gasteiger partial charge in [0.1, 0.15) is 0 Å². The predicted molar refractivity (Wildman–Crippen MR) is 134 cm³/mol. The summed E-state index contributed by atoms with van der Waals surface area (Å²) in [6.45, 7) is 4.13. The van der Waals surface area contributed by atoms with Crippen LogP contribution in [-0.2, 0) is 13.1 Å². The molecular formula is C23H33IN4O2. The first-order valence-electron chi connectivity index (χ1n) is 10.2. The highest BCUT2D eigenvalue weighted by atomic mass is 127. The number of methoxy groups -OCH3 is 2. The molecule has 0 radical (unpaired) electrons. The quantitative estimate of drug-likeness (QED) is 0.318. The lowest BCUT2D eigenvalue weighted by atomic mass is 10.0. The highest BCUT2D eigenvalue weighted by Gasteiger charge is 2.13. The molecular weight excluding hydrogens is 491 g/mol. The van der Waals surface area contributed by atoms with E-state index in [1.165, 1.54) is 43.5 Å². The molecule has 1 saturated heterocycles. The molecule has 30 heavy (non-hydrogen) atoms. The summed E-state index contributed by atoms with van der Waals surface area (Å²) in [4.78, 5) is 6.91. The summed E-state index contributed by atoms with van der Waals surface area (Å²) in [7, 11) is 5.04. The van der Waals surface area contributed by atoms with Crippen molar-refractivity contribution >= 4 is 35.6 Å². The fourth-order valence-corrected chi connectivity index (χ4v) is 3.65. The van der Waals surface area contributed by atoms with Gasteiger partial charge in [-0.1, -0.05) is 30.7 Å². The molecule has 2 aromatic carbocycles. The summed E-state index contributed by atoms with van der Waals surface area (Å²) >= 11 is 0. The Labute approximate surface area is 197 Å². The SMILES string of the molecule is CN=C(NCc1ccccc1CN1CCCCC1)Nc1ccc(OC)c(OC)c1.I. The molecule has 0 aromatic heterocycles. The number of rotatable bonds is 7. The Kier molecular flexibility index (Phi) is 10.2. The van der Waals surface area contributed by atoms with Crippen molar-refractivity contribution in [3.63, 3.8) is 0 Å². The van der Waals surface area contributed by atoms with Gasteiger partial charge in [0.2, 0.25) is 0 Å². The van der Waals surface area contributed by atoms with Gasteiger partial charge in [0.25, 0.3) is 0 Å². The number of aliphatic imine (C=N–C) groups is 1. The molecule has 0 atom stereocenters. The molecule has 0 spiro atoms. The molecule has 7 heteroatoms. The van der Waals surface area contributed by atoms with E-state index >= 15 is 0 Å². The summed E-state index contributed by atoms with van der Waals surface area (Å²) in [5, 5.41) is 6.74. The van der Waals surface area contributed by atoms with Crippen molar-refractivity contribution in [2.24, 2.45) is 4.99 Å². The highest BCUT2D eigenvalue weighted by Crippen LogP contribution is 2.29. The maximum Gasteiger partial charge on any atom is 0.195 e. The number of nitrogens with zero attached hydrogens (tertiary/aromatic N) is 2. The molecule has 0 amide bonds. The second kappa shape index (κ2) is 12.6. The number of anilines is 1. The van der Waals surface area contributed by atoms with Crippen LogP contribution < -0.4 is 20.1 Å². The van der Waals surface area contributed by atoms with Gasteiger partial charge in [-0.25, -0.2) is 0 Å². The molecule has 6 nitrogen and oxygen atoms in total. The van der Waals surface area contributed by atoms with E-state index in [9.17, 15) is 0 Å². The van der Waals surface area contributed by atoms with Crippen LogP contribution >= 0.6 is 24.0 Å². The molecule has 1 aliphatic rings. The van der Waals surface area contributed by atoms with Crippen molar-refractivity contribution in [1.82, 2.24) is 10.2 Å². The summed E-state index contributed by atoms with van der Waals surface area (Å²) in [5.41, 5.74) is 3.56. The van der Waals surface area contributed by atoms with E-state index in [-0.39, 0.29) is 24.0 Å². The van der Waals surface area contributed by atoms with Gasteiger partial charge in [0.05, 0.1) is 14.2 Å². The van der Waals surface area contributed by atoms with Gasteiger partial charge in [-0.15, -0.1) is 24.0 Å². The molecule has 0 unspecified atom stereocenters. The van der Waals surface area contributed by atoms with Crippen molar-refractivity contribution in [2.45, 2.75) is 32.4 Å². The van der Waals surface area contributed by atoms with E-state index < -0.39 is 0 Å². The minimum Gasteiger partial charge on any atom is -0.493 e. The average molecular weight is 524 g/mol. The Morgan fingerprint density at radius 3 is 2.33 bits per heavy atom. The maximum atomic E-state index is 5.38. The van der Waals surface area contributed by atoms with E-state index in [2.05, 4.69) is 44.8 Å². The Morgan fingerprint density at radius 1 is 0.967 bits per heavy atom. The molecule has 164 valence electrons. The zero-order valence-corrected chi connectivity index (χ0v) is 20.4.